The quantitative estimate of drug-likeness (QED) is 0.581. The standard InChI is InChI=1S/C13H18O/c1-8(14)2-13-11-4-9-3-10(6-11)7-12(13)5-9/h2,9-12H,3-7H2,1H3. The van der Waals surface area contributed by atoms with Gasteiger partial charge < -0.3 is 0 Å². The van der Waals surface area contributed by atoms with Gasteiger partial charge in [0, 0.05) is 0 Å². The fraction of sp³-hybridized carbons (Fsp3) is 0.769. The predicted octanol–water partition coefficient (Wildman–Crippen LogP) is 2.96. The van der Waals surface area contributed by atoms with Gasteiger partial charge in [0.05, 0.1) is 0 Å². The van der Waals surface area contributed by atoms with Crippen molar-refractivity contribution in [2.75, 3.05) is 0 Å². The van der Waals surface area contributed by atoms with E-state index >= 15 is 0 Å². The van der Waals surface area contributed by atoms with Crippen molar-refractivity contribution in [1.82, 2.24) is 0 Å². The van der Waals surface area contributed by atoms with E-state index in [0.29, 0.717) is 0 Å². The largest absolute Gasteiger partial charge is 0.295 e. The molecule has 0 saturated heterocycles. The third-order valence-corrected chi connectivity index (χ3v) is 4.45. The van der Waals surface area contributed by atoms with Gasteiger partial charge in [-0.3, -0.25) is 4.79 Å². The van der Waals surface area contributed by atoms with Gasteiger partial charge in [-0.1, -0.05) is 5.57 Å². The van der Waals surface area contributed by atoms with Crippen molar-refractivity contribution in [3.05, 3.63) is 11.6 Å². The summed E-state index contributed by atoms with van der Waals surface area (Å²) in [6, 6.07) is 0. The highest BCUT2D eigenvalue weighted by Gasteiger charge is 2.44. The van der Waals surface area contributed by atoms with Crippen LogP contribution in [-0.2, 0) is 4.79 Å². The summed E-state index contributed by atoms with van der Waals surface area (Å²) in [6.45, 7) is 1.69. The van der Waals surface area contributed by atoms with Gasteiger partial charge in [0.15, 0.2) is 5.78 Å². The van der Waals surface area contributed by atoms with Crippen molar-refractivity contribution < 1.29 is 4.79 Å². The highest BCUT2D eigenvalue weighted by atomic mass is 16.1. The molecule has 4 saturated carbocycles. The molecule has 4 bridgehead atoms. The average molecular weight is 190 g/mol. The van der Waals surface area contributed by atoms with Gasteiger partial charge in [-0.15, -0.1) is 0 Å². The van der Waals surface area contributed by atoms with Crippen LogP contribution < -0.4 is 0 Å². The Balaban J connectivity index is 1.91. The molecule has 0 aliphatic heterocycles. The van der Waals surface area contributed by atoms with Crippen LogP contribution in [0.25, 0.3) is 0 Å². The molecule has 4 aliphatic carbocycles. The van der Waals surface area contributed by atoms with Crippen molar-refractivity contribution in [1.29, 1.82) is 0 Å². The number of ketones is 1. The zero-order chi connectivity index (χ0) is 9.71. The molecular formula is C13H18O. The summed E-state index contributed by atoms with van der Waals surface area (Å²) < 4.78 is 0. The fourth-order valence-electron chi connectivity index (χ4n) is 4.20. The van der Waals surface area contributed by atoms with E-state index in [1.165, 1.54) is 37.7 Å². The van der Waals surface area contributed by atoms with Crippen LogP contribution in [0.2, 0.25) is 0 Å². The van der Waals surface area contributed by atoms with E-state index < -0.39 is 0 Å². The van der Waals surface area contributed by atoms with Crippen LogP contribution in [0.15, 0.2) is 11.6 Å². The summed E-state index contributed by atoms with van der Waals surface area (Å²) in [5, 5.41) is 0. The van der Waals surface area contributed by atoms with Gasteiger partial charge >= 0.3 is 0 Å². The lowest BCUT2D eigenvalue weighted by atomic mass is 9.54. The van der Waals surface area contributed by atoms with Gasteiger partial charge in [0.1, 0.15) is 0 Å². The topological polar surface area (TPSA) is 17.1 Å². The second-order valence-electron chi connectivity index (χ2n) is 5.56. The molecule has 0 amide bonds. The van der Waals surface area contributed by atoms with Gasteiger partial charge in [-0.05, 0) is 68.8 Å². The first kappa shape index (κ1) is 8.70. The molecule has 4 fully saturated rings. The van der Waals surface area contributed by atoms with E-state index in [1.807, 2.05) is 6.08 Å². The molecule has 76 valence electrons. The Kier molecular flexibility index (Phi) is 1.83. The number of hydrogen-bond donors (Lipinski definition) is 0. The van der Waals surface area contributed by atoms with Crippen LogP contribution in [0.1, 0.15) is 39.0 Å². The predicted molar refractivity (Wildman–Crippen MR) is 55.8 cm³/mol. The van der Waals surface area contributed by atoms with E-state index in [2.05, 4.69) is 0 Å². The lowest BCUT2D eigenvalue weighted by Gasteiger charge is -2.51. The van der Waals surface area contributed by atoms with Gasteiger partial charge in [-0.25, -0.2) is 0 Å². The second kappa shape index (κ2) is 2.95. The molecule has 1 nitrogen and oxygen atoms in total. The van der Waals surface area contributed by atoms with E-state index in [-0.39, 0.29) is 5.78 Å². The third kappa shape index (κ3) is 1.25. The number of hydrogen-bond acceptors (Lipinski definition) is 1. The Bertz CT molecular complexity index is 270. The van der Waals surface area contributed by atoms with Gasteiger partial charge in [-0.2, -0.15) is 0 Å². The zero-order valence-electron chi connectivity index (χ0n) is 8.83. The Hall–Kier alpha value is -0.590. The molecule has 0 unspecified atom stereocenters. The zero-order valence-corrected chi connectivity index (χ0v) is 8.83. The van der Waals surface area contributed by atoms with Crippen LogP contribution in [0.5, 0.6) is 0 Å². The van der Waals surface area contributed by atoms with E-state index in [0.717, 1.165) is 23.7 Å². The summed E-state index contributed by atoms with van der Waals surface area (Å²) in [4.78, 5) is 11.2. The molecule has 0 aromatic carbocycles. The monoisotopic (exact) mass is 190 g/mol. The molecule has 0 N–H and O–H groups in total. The van der Waals surface area contributed by atoms with Crippen LogP contribution >= 0.6 is 0 Å². The molecule has 4 rings (SSSR count). The molecule has 1 heteroatoms. The smallest absolute Gasteiger partial charge is 0.152 e. The minimum Gasteiger partial charge on any atom is -0.295 e. The van der Waals surface area contributed by atoms with Crippen LogP contribution in [0.4, 0.5) is 0 Å². The highest BCUT2D eigenvalue weighted by molar-refractivity contribution is 5.88. The minimum atomic E-state index is 0.257. The molecular weight excluding hydrogens is 172 g/mol. The van der Waals surface area contributed by atoms with Crippen molar-refractivity contribution in [2.45, 2.75) is 39.0 Å². The molecule has 0 heterocycles. The lowest BCUT2D eigenvalue weighted by molar-refractivity contribution is -0.112. The van der Waals surface area contributed by atoms with Crippen molar-refractivity contribution >= 4 is 5.78 Å². The molecule has 0 aromatic heterocycles. The normalized spacial score (nSPS) is 44.2. The average Bonchev–Trinajstić information content (AvgIpc) is 2.09. The van der Waals surface area contributed by atoms with Crippen LogP contribution in [-0.4, -0.2) is 5.78 Å². The Morgan fingerprint density at radius 1 is 1.07 bits per heavy atom. The van der Waals surface area contributed by atoms with Crippen molar-refractivity contribution in [3.8, 4) is 0 Å². The number of carbonyl (C=O) groups is 1. The van der Waals surface area contributed by atoms with E-state index in [4.69, 9.17) is 0 Å². The summed E-state index contributed by atoms with van der Waals surface area (Å²) in [6.07, 6.45) is 8.96. The van der Waals surface area contributed by atoms with Gasteiger partial charge in [0.2, 0.25) is 0 Å². The minimum absolute atomic E-state index is 0.257. The SMILES string of the molecule is CC(=O)C=C1C2CC3CC(C2)CC1C3. The number of rotatable bonds is 1. The van der Waals surface area contributed by atoms with Gasteiger partial charge in [0.25, 0.3) is 0 Å². The maximum atomic E-state index is 11.2. The maximum Gasteiger partial charge on any atom is 0.152 e. The number of allylic oxidation sites excluding steroid dienone is 2. The van der Waals surface area contributed by atoms with E-state index in [1.54, 1.807) is 6.92 Å². The number of carbonyl (C=O) groups excluding carboxylic acids is 1. The molecule has 0 aromatic rings. The first-order valence-electron chi connectivity index (χ1n) is 5.94. The lowest BCUT2D eigenvalue weighted by Crippen LogP contribution is -2.40. The second-order valence-corrected chi connectivity index (χ2v) is 5.56. The van der Waals surface area contributed by atoms with Crippen molar-refractivity contribution in [2.24, 2.45) is 23.7 Å². The summed E-state index contributed by atoms with van der Waals surface area (Å²) >= 11 is 0. The molecule has 4 aliphatic rings. The van der Waals surface area contributed by atoms with Crippen molar-refractivity contribution in [3.63, 3.8) is 0 Å². The molecule has 0 radical (unpaired) electrons. The third-order valence-electron chi connectivity index (χ3n) is 4.45. The Labute approximate surface area is 85.6 Å². The molecule has 0 spiro atoms. The van der Waals surface area contributed by atoms with E-state index in [9.17, 15) is 4.79 Å². The molecule has 0 atom stereocenters. The summed E-state index contributed by atoms with van der Waals surface area (Å²) in [7, 11) is 0. The first-order chi connectivity index (χ1) is 6.72. The summed E-state index contributed by atoms with van der Waals surface area (Å²) in [5.74, 6) is 3.83. The summed E-state index contributed by atoms with van der Waals surface area (Å²) in [5.41, 5.74) is 1.52. The Morgan fingerprint density at radius 2 is 1.57 bits per heavy atom. The fourth-order valence-corrected chi connectivity index (χ4v) is 4.20. The molecule has 14 heavy (non-hydrogen) atoms. The van der Waals surface area contributed by atoms with Crippen LogP contribution in [0.3, 0.4) is 0 Å². The Morgan fingerprint density at radius 3 is 2.00 bits per heavy atom. The first-order valence-corrected chi connectivity index (χ1v) is 5.94. The highest BCUT2D eigenvalue weighted by Crippen LogP contribution is 2.56. The maximum absolute atomic E-state index is 11.2. The van der Waals surface area contributed by atoms with Crippen LogP contribution in [0, 0.1) is 23.7 Å².